The fourth-order valence-corrected chi connectivity index (χ4v) is 2.11. The van der Waals surface area contributed by atoms with Crippen molar-refractivity contribution in [3.05, 3.63) is 64.5 Å². The summed E-state index contributed by atoms with van der Waals surface area (Å²) in [6, 6.07) is 13.0. The van der Waals surface area contributed by atoms with Crippen molar-refractivity contribution in [3.8, 4) is 16.9 Å². The van der Waals surface area contributed by atoms with Gasteiger partial charge in [-0.05, 0) is 41.5 Å². The predicted octanol–water partition coefficient (Wildman–Crippen LogP) is 2.86. The molecule has 104 valence electrons. The van der Waals surface area contributed by atoms with Crippen molar-refractivity contribution in [1.29, 1.82) is 0 Å². The van der Waals surface area contributed by atoms with Crippen LogP contribution in [0, 0.1) is 0 Å². The largest absolute Gasteiger partial charge is 0.508 e. The zero-order chi connectivity index (χ0) is 15.0. The first-order valence-corrected chi connectivity index (χ1v) is 6.15. The molecule has 1 heterocycles. The van der Waals surface area contributed by atoms with Gasteiger partial charge in [-0.1, -0.05) is 18.2 Å². The minimum atomic E-state index is -1.32. The summed E-state index contributed by atoms with van der Waals surface area (Å²) in [5.74, 6) is -1.15. The van der Waals surface area contributed by atoms with Gasteiger partial charge in [-0.3, -0.25) is 0 Å². The van der Waals surface area contributed by atoms with Gasteiger partial charge in [-0.15, -0.1) is 0 Å². The molecule has 0 amide bonds. The molecule has 5 heteroatoms. The van der Waals surface area contributed by atoms with Gasteiger partial charge in [0.1, 0.15) is 16.9 Å². The molecular formula is C16H10O5. The van der Waals surface area contributed by atoms with Gasteiger partial charge in [-0.25, -0.2) is 9.59 Å². The summed E-state index contributed by atoms with van der Waals surface area (Å²) in [5, 5.41) is 18.8. The molecule has 2 aromatic carbocycles. The molecule has 3 rings (SSSR count). The van der Waals surface area contributed by atoms with E-state index in [-0.39, 0.29) is 5.75 Å². The molecule has 0 unspecified atom stereocenters. The van der Waals surface area contributed by atoms with Crippen LogP contribution in [0.5, 0.6) is 5.75 Å². The molecule has 0 saturated heterocycles. The molecule has 0 fully saturated rings. The predicted molar refractivity (Wildman–Crippen MR) is 76.5 cm³/mol. The lowest BCUT2D eigenvalue weighted by Crippen LogP contribution is -2.12. The molecule has 2 N–H and O–H groups in total. The van der Waals surface area contributed by atoms with Crippen LogP contribution in [0.2, 0.25) is 0 Å². The number of phenolic OH excluding ortho intramolecular Hbond substituents is 1. The minimum absolute atomic E-state index is 0.165. The highest BCUT2D eigenvalue weighted by molar-refractivity contribution is 5.92. The normalized spacial score (nSPS) is 10.7. The van der Waals surface area contributed by atoms with Crippen LogP contribution < -0.4 is 5.63 Å². The van der Waals surface area contributed by atoms with Crippen LogP contribution in [0.4, 0.5) is 0 Å². The maximum absolute atomic E-state index is 11.5. The zero-order valence-electron chi connectivity index (χ0n) is 10.7. The van der Waals surface area contributed by atoms with Crippen molar-refractivity contribution >= 4 is 16.9 Å². The van der Waals surface area contributed by atoms with E-state index in [0.717, 1.165) is 11.1 Å². The Morgan fingerprint density at radius 1 is 0.952 bits per heavy atom. The second kappa shape index (κ2) is 4.79. The second-order valence-corrected chi connectivity index (χ2v) is 4.55. The number of hydrogen-bond donors (Lipinski definition) is 2. The zero-order valence-corrected chi connectivity index (χ0v) is 10.7. The van der Waals surface area contributed by atoms with Crippen LogP contribution in [0.15, 0.2) is 57.7 Å². The lowest BCUT2D eigenvalue weighted by molar-refractivity contribution is 0.0692. The number of aromatic hydroxyl groups is 1. The van der Waals surface area contributed by atoms with E-state index in [2.05, 4.69) is 0 Å². The number of carboxylic acid groups (broad SMARTS) is 1. The summed E-state index contributed by atoms with van der Waals surface area (Å²) in [6.45, 7) is 0. The highest BCUT2D eigenvalue weighted by Gasteiger charge is 2.12. The van der Waals surface area contributed by atoms with Gasteiger partial charge >= 0.3 is 11.6 Å². The van der Waals surface area contributed by atoms with Crippen molar-refractivity contribution < 1.29 is 19.4 Å². The van der Waals surface area contributed by atoms with Crippen LogP contribution in [-0.4, -0.2) is 16.2 Å². The number of aromatic carboxylic acids is 1. The van der Waals surface area contributed by atoms with E-state index in [4.69, 9.17) is 9.52 Å². The average Bonchev–Trinajstić information content (AvgIpc) is 2.46. The molecule has 21 heavy (non-hydrogen) atoms. The third-order valence-corrected chi connectivity index (χ3v) is 3.16. The third-order valence-electron chi connectivity index (χ3n) is 3.16. The molecule has 0 radical (unpaired) electrons. The SMILES string of the molecule is O=C(O)c1cc2cc(-c3ccc(O)cc3)ccc2oc1=O. The number of rotatable bonds is 2. The molecule has 0 aliphatic carbocycles. The number of benzene rings is 2. The number of phenols is 1. The van der Waals surface area contributed by atoms with E-state index >= 15 is 0 Å². The Morgan fingerprint density at radius 2 is 1.62 bits per heavy atom. The Morgan fingerprint density at radius 3 is 2.29 bits per heavy atom. The van der Waals surface area contributed by atoms with Gasteiger partial charge in [0.05, 0.1) is 0 Å². The van der Waals surface area contributed by atoms with Gasteiger partial charge in [0.2, 0.25) is 0 Å². The third kappa shape index (κ3) is 2.36. The molecule has 0 aliphatic rings. The minimum Gasteiger partial charge on any atom is -0.508 e. The van der Waals surface area contributed by atoms with Crippen LogP contribution in [-0.2, 0) is 0 Å². The molecular weight excluding hydrogens is 272 g/mol. The molecule has 0 spiro atoms. The molecule has 3 aromatic rings. The first kappa shape index (κ1) is 12.9. The fourth-order valence-electron chi connectivity index (χ4n) is 2.11. The summed E-state index contributed by atoms with van der Waals surface area (Å²) in [7, 11) is 0. The monoisotopic (exact) mass is 282 g/mol. The molecule has 1 aromatic heterocycles. The Balaban J connectivity index is 2.19. The summed E-state index contributed by atoms with van der Waals surface area (Å²) in [4.78, 5) is 22.5. The quantitative estimate of drug-likeness (QED) is 0.706. The summed E-state index contributed by atoms with van der Waals surface area (Å²) >= 11 is 0. The van der Waals surface area contributed by atoms with Crippen molar-refractivity contribution in [2.75, 3.05) is 0 Å². The van der Waals surface area contributed by atoms with E-state index in [1.807, 2.05) is 0 Å². The van der Waals surface area contributed by atoms with Gasteiger partial charge in [-0.2, -0.15) is 0 Å². The van der Waals surface area contributed by atoms with E-state index in [0.29, 0.717) is 11.0 Å². The van der Waals surface area contributed by atoms with E-state index in [9.17, 15) is 14.7 Å². The number of carboxylic acids is 1. The maximum atomic E-state index is 11.5. The summed E-state index contributed by atoms with van der Waals surface area (Å²) in [5.41, 5.74) is 0.746. The van der Waals surface area contributed by atoms with Gasteiger partial charge < -0.3 is 14.6 Å². The Bertz CT molecular complexity index is 891. The average molecular weight is 282 g/mol. The van der Waals surface area contributed by atoms with E-state index in [1.54, 1.807) is 42.5 Å². The van der Waals surface area contributed by atoms with E-state index < -0.39 is 17.2 Å². The molecule has 0 atom stereocenters. The van der Waals surface area contributed by atoms with Crippen molar-refractivity contribution in [2.45, 2.75) is 0 Å². The number of fused-ring (bicyclic) bond motifs is 1. The molecule has 0 aliphatic heterocycles. The number of carbonyl (C=O) groups is 1. The van der Waals surface area contributed by atoms with Crippen LogP contribution in [0.1, 0.15) is 10.4 Å². The fraction of sp³-hybridized carbons (Fsp3) is 0. The van der Waals surface area contributed by atoms with Crippen molar-refractivity contribution in [3.63, 3.8) is 0 Å². The van der Waals surface area contributed by atoms with E-state index in [1.165, 1.54) is 6.07 Å². The van der Waals surface area contributed by atoms with Gasteiger partial charge in [0.25, 0.3) is 0 Å². The Kier molecular flexibility index (Phi) is 2.95. The van der Waals surface area contributed by atoms with Crippen molar-refractivity contribution in [2.24, 2.45) is 0 Å². The van der Waals surface area contributed by atoms with Crippen LogP contribution in [0.25, 0.3) is 22.1 Å². The van der Waals surface area contributed by atoms with Gasteiger partial charge in [0.15, 0.2) is 0 Å². The lowest BCUT2D eigenvalue weighted by atomic mass is 10.0. The first-order chi connectivity index (χ1) is 10.0. The van der Waals surface area contributed by atoms with Crippen LogP contribution in [0.3, 0.4) is 0 Å². The number of hydrogen-bond acceptors (Lipinski definition) is 4. The second-order valence-electron chi connectivity index (χ2n) is 4.55. The Hall–Kier alpha value is -3.08. The maximum Gasteiger partial charge on any atom is 0.351 e. The lowest BCUT2D eigenvalue weighted by Gasteiger charge is -2.04. The van der Waals surface area contributed by atoms with Crippen molar-refractivity contribution in [1.82, 2.24) is 0 Å². The molecule has 0 saturated carbocycles. The van der Waals surface area contributed by atoms with Gasteiger partial charge in [0, 0.05) is 5.39 Å². The standard InChI is InChI=1S/C16H10O5/c17-12-4-1-9(2-5-12)10-3-6-14-11(7-10)8-13(15(18)19)16(20)21-14/h1-8,17H,(H,18,19). The van der Waals surface area contributed by atoms with Crippen LogP contribution >= 0.6 is 0 Å². The molecule has 5 nitrogen and oxygen atoms in total. The smallest absolute Gasteiger partial charge is 0.351 e. The highest BCUT2D eigenvalue weighted by atomic mass is 16.4. The summed E-state index contributed by atoms with van der Waals surface area (Å²) < 4.78 is 4.99. The summed E-state index contributed by atoms with van der Waals surface area (Å²) in [6.07, 6.45) is 0. The Labute approximate surface area is 118 Å². The first-order valence-electron chi connectivity index (χ1n) is 6.15. The highest BCUT2D eigenvalue weighted by Crippen LogP contribution is 2.25. The topological polar surface area (TPSA) is 87.7 Å². The molecule has 0 bridgehead atoms.